The van der Waals surface area contributed by atoms with Crippen LogP contribution in [0.2, 0.25) is 0 Å². The average molecular weight is 236 g/mol. The Morgan fingerprint density at radius 3 is 3.24 bits per heavy atom. The lowest BCUT2D eigenvalue weighted by molar-refractivity contribution is 0.161. The summed E-state index contributed by atoms with van der Waals surface area (Å²) in [6.45, 7) is 5.80. The molecule has 0 aliphatic carbocycles. The van der Waals surface area contributed by atoms with Crippen molar-refractivity contribution in [3.05, 3.63) is 12.3 Å². The highest BCUT2D eigenvalue weighted by Gasteiger charge is 2.23. The summed E-state index contributed by atoms with van der Waals surface area (Å²) in [5, 5.41) is 3.13. The number of aromatic nitrogens is 2. The van der Waals surface area contributed by atoms with Crippen molar-refractivity contribution in [1.82, 2.24) is 9.97 Å². The maximum atomic E-state index is 5.20. The fourth-order valence-electron chi connectivity index (χ4n) is 2.18. The number of hydrogen-bond acceptors (Lipinski definition) is 5. The molecule has 1 fully saturated rings. The van der Waals surface area contributed by atoms with Crippen LogP contribution in [0.4, 0.5) is 11.8 Å². The number of nitrogens with zero attached hydrogens (tertiary/aromatic N) is 3. The van der Waals surface area contributed by atoms with Crippen molar-refractivity contribution >= 4 is 11.8 Å². The Morgan fingerprint density at radius 2 is 2.47 bits per heavy atom. The summed E-state index contributed by atoms with van der Waals surface area (Å²) in [5.41, 5.74) is 0. The standard InChI is InChI=1S/C12H20N4O/c1-3-13-12-14-6-4-11(15-12)16-7-5-10(8-16)9-17-2/h4,6,10H,3,5,7-9H2,1-2H3,(H,13,14,15). The minimum Gasteiger partial charge on any atom is -0.384 e. The summed E-state index contributed by atoms with van der Waals surface area (Å²) in [5.74, 6) is 2.34. The number of rotatable bonds is 5. The molecule has 1 aliphatic rings. The second-order valence-corrected chi connectivity index (χ2v) is 4.32. The Hall–Kier alpha value is -1.36. The summed E-state index contributed by atoms with van der Waals surface area (Å²) in [6.07, 6.45) is 2.98. The molecule has 0 bridgehead atoms. The van der Waals surface area contributed by atoms with Crippen molar-refractivity contribution in [3.63, 3.8) is 0 Å². The first-order chi connectivity index (χ1) is 8.33. The van der Waals surface area contributed by atoms with Gasteiger partial charge < -0.3 is 15.0 Å². The van der Waals surface area contributed by atoms with Gasteiger partial charge in [0.05, 0.1) is 6.61 Å². The van der Waals surface area contributed by atoms with E-state index in [2.05, 4.69) is 20.2 Å². The van der Waals surface area contributed by atoms with Gasteiger partial charge in [0.15, 0.2) is 0 Å². The van der Waals surface area contributed by atoms with E-state index in [1.165, 1.54) is 6.42 Å². The zero-order chi connectivity index (χ0) is 12.1. The lowest BCUT2D eigenvalue weighted by Gasteiger charge is -2.17. The smallest absolute Gasteiger partial charge is 0.224 e. The van der Waals surface area contributed by atoms with Crippen LogP contribution >= 0.6 is 0 Å². The van der Waals surface area contributed by atoms with E-state index in [0.29, 0.717) is 11.9 Å². The van der Waals surface area contributed by atoms with Crippen LogP contribution in [0.15, 0.2) is 12.3 Å². The highest BCUT2D eigenvalue weighted by Crippen LogP contribution is 2.22. The van der Waals surface area contributed by atoms with E-state index >= 15 is 0 Å². The molecule has 2 rings (SSSR count). The van der Waals surface area contributed by atoms with Gasteiger partial charge in [-0.1, -0.05) is 0 Å². The van der Waals surface area contributed by atoms with Gasteiger partial charge in [-0.25, -0.2) is 4.98 Å². The molecule has 17 heavy (non-hydrogen) atoms. The molecular formula is C12H20N4O. The van der Waals surface area contributed by atoms with Gasteiger partial charge >= 0.3 is 0 Å². The van der Waals surface area contributed by atoms with Crippen LogP contribution in [0.25, 0.3) is 0 Å². The highest BCUT2D eigenvalue weighted by molar-refractivity contribution is 5.43. The molecule has 1 atom stereocenters. The van der Waals surface area contributed by atoms with Gasteiger partial charge in [0.2, 0.25) is 5.95 Å². The number of ether oxygens (including phenoxy) is 1. The molecule has 0 aromatic carbocycles. The second-order valence-electron chi connectivity index (χ2n) is 4.32. The molecule has 1 aromatic rings. The summed E-state index contributed by atoms with van der Waals surface area (Å²) in [4.78, 5) is 11.0. The lowest BCUT2D eigenvalue weighted by Crippen LogP contribution is -2.22. The maximum absolute atomic E-state index is 5.20. The first-order valence-electron chi connectivity index (χ1n) is 6.14. The Bertz CT molecular complexity index is 358. The lowest BCUT2D eigenvalue weighted by atomic mass is 10.1. The largest absolute Gasteiger partial charge is 0.384 e. The fourth-order valence-corrected chi connectivity index (χ4v) is 2.18. The van der Waals surface area contributed by atoms with Gasteiger partial charge in [-0.2, -0.15) is 4.98 Å². The number of methoxy groups -OCH3 is 1. The molecule has 0 amide bonds. The van der Waals surface area contributed by atoms with Crippen molar-refractivity contribution in [2.75, 3.05) is 43.6 Å². The fraction of sp³-hybridized carbons (Fsp3) is 0.667. The minimum atomic E-state index is 0.623. The number of hydrogen-bond donors (Lipinski definition) is 1. The van der Waals surface area contributed by atoms with Crippen LogP contribution in [0.1, 0.15) is 13.3 Å². The zero-order valence-electron chi connectivity index (χ0n) is 10.5. The third-order valence-corrected chi connectivity index (χ3v) is 2.99. The summed E-state index contributed by atoms with van der Waals surface area (Å²) in [6, 6.07) is 1.97. The molecule has 1 unspecified atom stereocenters. The maximum Gasteiger partial charge on any atom is 0.224 e. The third kappa shape index (κ3) is 3.06. The van der Waals surface area contributed by atoms with Crippen LogP contribution in [0.5, 0.6) is 0 Å². The van der Waals surface area contributed by atoms with Crippen LogP contribution in [0.3, 0.4) is 0 Å². The van der Waals surface area contributed by atoms with E-state index in [1.807, 2.05) is 19.2 Å². The van der Waals surface area contributed by atoms with Gasteiger partial charge in [-0.05, 0) is 19.4 Å². The normalized spacial score (nSPS) is 19.6. The van der Waals surface area contributed by atoms with E-state index in [0.717, 1.165) is 32.1 Å². The van der Waals surface area contributed by atoms with E-state index in [4.69, 9.17) is 4.74 Å². The molecule has 1 aliphatic heterocycles. The summed E-state index contributed by atoms with van der Waals surface area (Å²) >= 11 is 0. The van der Waals surface area contributed by atoms with Crippen LogP contribution in [-0.2, 0) is 4.74 Å². The second kappa shape index (κ2) is 5.82. The topological polar surface area (TPSA) is 50.3 Å². The predicted octanol–water partition coefficient (Wildman–Crippen LogP) is 1.38. The third-order valence-electron chi connectivity index (χ3n) is 2.99. The van der Waals surface area contributed by atoms with Gasteiger partial charge in [0.25, 0.3) is 0 Å². The molecule has 0 saturated carbocycles. The zero-order valence-corrected chi connectivity index (χ0v) is 10.5. The van der Waals surface area contributed by atoms with E-state index in [1.54, 1.807) is 7.11 Å². The van der Waals surface area contributed by atoms with Crippen LogP contribution in [-0.4, -0.2) is 43.3 Å². The molecule has 5 heteroatoms. The van der Waals surface area contributed by atoms with E-state index < -0.39 is 0 Å². The van der Waals surface area contributed by atoms with Crippen LogP contribution < -0.4 is 10.2 Å². The number of nitrogens with one attached hydrogen (secondary N) is 1. The number of anilines is 2. The first kappa shape index (κ1) is 12.1. The highest BCUT2D eigenvalue weighted by atomic mass is 16.5. The summed E-state index contributed by atoms with van der Waals surface area (Å²) < 4.78 is 5.20. The molecular weight excluding hydrogens is 216 g/mol. The Kier molecular flexibility index (Phi) is 4.14. The molecule has 2 heterocycles. The van der Waals surface area contributed by atoms with Crippen molar-refractivity contribution in [1.29, 1.82) is 0 Å². The Morgan fingerprint density at radius 1 is 1.59 bits per heavy atom. The minimum absolute atomic E-state index is 0.623. The molecule has 1 saturated heterocycles. The van der Waals surface area contributed by atoms with Crippen molar-refractivity contribution in [2.45, 2.75) is 13.3 Å². The molecule has 94 valence electrons. The van der Waals surface area contributed by atoms with Crippen LogP contribution in [0, 0.1) is 5.92 Å². The van der Waals surface area contributed by atoms with Gasteiger partial charge in [0, 0.05) is 38.9 Å². The average Bonchev–Trinajstić information content (AvgIpc) is 2.79. The van der Waals surface area contributed by atoms with Crippen molar-refractivity contribution < 1.29 is 4.74 Å². The Labute approximate surface area is 102 Å². The molecule has 5 nitrogen and oxygen atoms in total. The van der Waals surface area contributed by atoms with E-state index in [9.17, 15) is 0 Å². The molecule has 0 spiro atoms. The molecule has 0 radical (unpaired) electrons. The Balaban J connectivity index is 2.00. The first-order valence-corrected chi connectivity index (χ1v) is 6.14. The summed E-state index contributed by atoms with van der Waals surface area (Å²) in [7, 11) is 1.76. The predicted molar refractivity (Wildman–Crippen MR) is 68.4 cm³/mol. The van der Waals surface area contributed by atoms with Gasteiger partial charge in [0.1, 0.15) is 5.82 Å². The van der Waals surface area contributed by atoms with E-state index in [-0.39, 0.29) is 0 Å². The van der Waals surface area contributed by atoms with Crippen molar-refractivity contribution in [3.8, 4) is 0 Å². The molecule has 1 N–H and O–H groups in total. The van der Waals surface area contributed by atoms with Gasteiger partial charge in [-0.3, -0.25) is 0 Å². The monoisotopic (exact) mass is 236 g/mol. The SMILES string of the molecule is CCNc1nccc(N2CCC(COC)C2)n1. The van der Waals surface area contributed by atoms with Crippen molar-refractivity contribution in [2.24, 2.45) is 5.92 Å². The molecule has 1 aromatic heterocycles. The quantitative estimate of drug-likeness (QED) is 0.837. The van der Waals surface area contributed by atoms with Gasteiger partial charge in [-0.15, -0.1) is 0 Å².